The van der Waals surface area contributed by atoms with E-state index in [2.05, 4.69) is 10.5 Å². The van der Waals surface area contributed by atoms with Crippen molar-refractivity contribution in [3.05, 3.63) is 84.1 Å². The van der Waals surface area contributed by atoms with Crippen LogP contribution in [0.5, 0.6) is 11.5 Å². The summed E-state index contributed by atoms with van der Waals surface area (Å²) in [5, 5.41) is 8.00. The standard InChI is InChI=1S/C25H22N2O4/c1-16-5-4-6-18(13-16)25-20-14-17(7-9-21(20)27-31-25)23(28)11-12-26-22-15-19(29-2)8-10-24(22)30-3/h4-15,26H,1-3H3. The van der Waals surface area contributed by atoms with Gasteiger partial charge in [-0.3, -0.25) is 4.79 Å². The van der Waals surface area contributed by atoms with E-state index in [0.29, 0.717) is 34.0 Å². The smallest absolute Gasteiger partial charge is 0.187 e. The number of ketones is 1. The van der Waals surface area contributed by atoms with E-state index >= 15 is 0 Å². The fraction of sp³-hybridized carbons (Fsp3) is 0.120. The number of rotatable bonds is 7. The lowest BCUT2D eigenvalue weighted by Gasteiger charge is -2.09. The number of methoxy groups -OCH3 is 2. The summed E-state index contributed by atoms with van der Waals surface area (Å²) < 4.78 is 16.1. The fourth-order valence-electron chi connectivity index (χ4n) is 3.32. The zero-order valence-electron chi connectivity index (χ0n) is 17.5. The molecule has 0 saturated carbocycles. The molecule has 4 aromatic rings. The van der Waals surface area contributed by atoms with Crippen molar-refractivity contribution in [2.45, 2.75) is 6.92 Å². The summed E-state index contributed by atoms with van der Waals surface area (Å²) in [6.07, 6.45) is 3.05. The first kappa shape index (κ1) is 20.2. The molecule has 0 amide bonds. The normalized spacial score (nSPS) is 11.1. The van der Waals surface area contributed by atoms with Crippen molar-refractivity contribution in [3.8, 4) is 22.8 Å². The first-order valence-electron chi connectivity index (χ1n) is 9.75. The lowest BCUT2D eigenvalue weighted by atomic mass is 10.0. The Labute approximate surface area is 180 Å². The van der Waals surface area contributed by atoms with Crippen LogP contribution in [0.1, 0.15) is 15.9 Å². The Bertz CT molecular complexity index is 1270. The zero-order chi connectivity index (χ0) is 21.8. The molecule has 6 heteroatoms. The summed E-state index contributed by atoms with van der Waals surface area (Å²) in [5.41, 5.74) is 3.99. The van der Waals surface area contributed by atoms with E-state index in [9.17, 15) is 4.79 Å². The number of fused-ring (bicyclic) bond motifs is 1. The van der Waals surface area contributed by atoms with Gasteiger partial charge in [0.05, 0.1) is 25.3 Å². The van der Waals surface area contributed by atoms with Gasteiger partial charge in [-0.1, -0.05) is 28.9 Å². The topological polar surface area (TPSA) is 73.6 Å². The Morgan fingerprint density at radius 2 is 1.90 bits per heavy atom. The molecule has 4 rings (SSSR count). The Kier molecular flexibility index (Phi) is 5.71. The number of carbonyl (C=O) groups excluding carboxylic acids is 1. The minimum atomic E-state index is -0.146. The quantitative estimate of drug-likeness (QED) is 0.312. The maximum absolute atomic E-state index is 12.7. The zero-order valence-corrected chi connectivity index (χ0v) is 17.5. The lowest BCUT2D eigenvalue weighted by molar-refractivity contribution is 0.104. The van der Waals surface area contributed by atoms with Crippen LogP contribution in [0.2, 0.25) is 0 Å². The summed E-state index contributed by atoms with van der Waals surface area (Å²) in [5.74, 6) is 1.83. The number of carbonyl (C=O) groups is 1. The average molecular weight is 414 g/mol. The average Bonchev–Trinajstić information content (AvgIpc) is 3.22. The molecule has 1 N–H and O–H groups in total. The number of anilines is 1. The van der Waals surface area contributed by atoms with Crippen LogP contribution in [0.3, 0.4) is 0 Å². The predicted molar refractivity (Wildman–Crippen MR) is 121 cm³/mol. The largest absolute Gasteiger partial charge is 0.497 e. The van der Waals surface area contributed by atoms with Crippen LogP contribution < -0.4 is 14.8 Å². The summed E-state index contributed by atoms with van der Waals surface area (Å²) in [6.45, 7) is 2.02. The highest BCUT2D eigenvalue weighted by molar-refractivity contribution is 6.07. The third-order valence-corrected chi connectivity index (χ3v) is 4.92. The number of benzene rings is 3. The van der Waals surface area contributed by atoms with Gasteiger partial charge in [0.25, 0.3) is 0 Å². The molecule has 0 spiro atoms. The van der Waals surface area contributed by atoms with Crippen molar-refractivity contribution in [3.63, 3.8) is 0 Å². The van der Waals surface area contributed by atoms with Gasteiger partial charge in [0.15, 0.2) is 11.5 Å². The van der Waals surface area contributed by atoms with Gasteiger partial charge in [-0.05, 0) is 43.3 Å². The number of nitrogens with one attached hydrogen (secondary N) is 1. The monoisotopic (exact) mass is 414 g/mol. The number of hydrogen-bond donors (Lipinski definition) is 1. The Balaban J connectivity index is 1.58. The minimum absolute atomic E-state index is 0.146. The van der Waals surface area contributed by atoms with E-state index in [1.807, 2.05) is 37.3 Å². The Morgan fingerprint density at radius 3 is 2.68 bits per heavy atom. The molecule has 1 aromatic heterocycles. The number of ether oxygens (including phenoxy) is 2. The van der Waals surface area contributed by atoms with Crippen molar-refractivity contribution < 1.29 is 18.8 Å². The van der Waals surface area contributed by atoms with Gasteiger partial charge in [-0.2, -0.15) is 0 Å². The van der Waals surface area contributed by atoms with E-state index < -0.39 is 0 Å². The molecule has 156 valence electrons. The molecular weight excluding hydrogens is 392 g/mol. The SMILES string of the molecule is COc1ccc(OC)c(NC=CC(=O)c2ccc3noc(-c4cccc(C)c4)c3c2)c1. The number of aryl methyl sites for hydroxylation is 1. The molecule has 6 nitrogen and oxygen atoms in total. The van der Waals surface area contributed by atoms with Crippen molar-refractivity contribution in [1.82, 2.24) is 5.16 Å². The molecule has 0 fully saturated rings. The summed E-state index contributed by atoms with van der Waals surface area (Å²) in [7, 11) is 3.18. The fourth-order valence-corrected chi connectivity index (χ4v) is 3.32. The molecule has 0 unspecified atom stereocenters. The van der Waals surface area contributed by atoms with E-state index in [4.69, 9.17) is 14.0 Å². The van der Waals surface area contributed by atoms with Gasteiger partial charge in [-0.15, -0.1) is 0 Å². The highest BCUT2D eigenvalue weighted by atomic mass is 16.5. The number of hydrogen-bond acceptors (Lipinski definition) is 6. The van der Waals surface area contributed by atoms with Gasteiger partial charge in [0.1, 0.15) is 17.0 Å². The molecule has 0 atom stereocenters. The van der Waals surface area contributed by atoms with Crippen LogP contribution in [0.4, 0.5) is 5.69 Å². The van der Waals surface area contributed by atoms with E-state index in [-0.39, 0.29) is 5.78 Å². The molecule has 0 aliphatic rings. The van der Waals surface area contributed by atoms with Gasteiger partial charge in [0.2, 0.25) is 0 Å². The van der Waals surface area contributed by atoms with E-state index in [1.54, 1.807) is 50.8 Å². The molecule has 0 aliphatic carbocycles. The summed E-state index contributed by atoms with van der Waals surface area (Å²) in [6, 6.07) is 18.7. The maximum Gasteiger partial charge on any atom is 0.187 e. The first-order chi connectivity index (χ1) is 15.1. The molecule has 31 heavy (non-hydrogen) atoms. The number of allylic oxidation sites excluding steroid dienone is 1. The second kappa shape index (κ2) is 8.75. The lowest BCUT2D eigenvalue weighted by Crippen LogP contribution is -1.98. The second-order valence-corrected chi connectivity index (χ2v) is 7.02. The van der Waals surface area contributed by atoms with E-state index in [1.165, 1.54) is 6.08 Å². The highest BCUT2D eigenvalue weighted by Gasteiger charge is 2.13. The Hall–Kier alpha value is -4.06. The van der Waals surface area contributed by atoms with Crippen LogP contribution in [0.25, 0.3) is 22.2 Å². The van der Waals surface area contributed by atoms with Crippen LogP contribution in [0.15, 0.2) is 77.5 Å². The minimum Gasteiger partial charge on any atom is -0.497 e. The van der Waals surface area contributed by atoms with Crippen molar-refractivity contribution in [1.29, 1.82) is 0 Å². The van der Waals surface area contributed by atoms with Gasteiger partial charge in [-0.25, -0.2) is 0 Å². The van der Waals surface area contributed by atoms with Crippen molar-refractivity contribution in [2.24, 2.45) is 0 Å². The summed E-state index contributed by atoms with van der Waals surface area (Å²) in [4.78, 5) is 12.7. The van der Waals surface area contributed by atoms with Crippen molar-refractivity contribution in [2.75, 3.05) is 19.5 Å². The molecule has 3 aromatic carbocycles. The van der Waals surface area contributed by atoms with Crippen LogP contribution in [-0.4, -0.2) is 25.2 Å². The van der Waals surface area contributed by atoms with Crippen LogP contribution >= 0.6 is 0 Å². The molecule has 1 heterocycles. The highest BCUT2D eigenvalue weighted by Crippen LogP contribution is 2.31. The number of nitrogens with zero attached hydrogens (tertiary/aromatic N) is 1. The molecular formula is C25H22N2O4. The molecule has 0 saturated heterocycles. The maximum atomic E-state index is 12.7. The number of aromatic nitrogens is 1. The van der Waals surface area contributed by atoms with Gasteiger partial charge < -0.3 is 19.3 Å². The molecule has 0 aliphatic heterocycles. The van der Waals surface area contributed by atoms with Crippen molar-refractivity contribution >= 4 is 22.4 Å². The Morgan fingerprint density at radius 1 is 1.03 bits per heavy atom. The second-order valence-electron chi connectivity index (χ2n) is 7.02. The van der Waals surface area contributed by atoms with Crippen LogP contribution in [-0.2, 0) is 0 Å². The van der Waals surface area contributed by atoms with Gasteiger partial charge >= 0.3 is 0 Å². The third-order valence-electron chi connectivity index (χ3n) is 4.92. The van der Waals surface area contributed by atoms with Crippen LogP contribution in [0, 0.1) is 6.92 Å². The predicted octanol–water partition coefficient (Wildman–Crippen LogP) is 5.63. The summed E-state index contributed by atoms with van der Waals surface area (Å²) >= 11 is 0. The molecule has 0 radical (unpaired) electrons. The first-order valence-corrected chi connectivity index (χ1v) is 9.75. The third kappa shape index (κ3) is 4.28. The molecule has 0 bridgehead atoms. The van der Waals surface area contributed by atoms with E-state index in [0.717, 1.165) is 16.5 Å². The van der Waals surface area contributed by atoms with Gasteiger partial charge in [0, 0.05) is 29.5 Å².